The summed E-state index contributed by atoms with van der Waals surface area (Å²) in [5.74, 6) is -4.74. The Balaban J connectivity index is 3.05. The maximum absolute atomic E-state index is 13.2. The van der Waals surface area contributed by atoms with Gasteiger partial charge in [-0.3, -0.25) is 19.2 Å². The highest BCUT2D eigenvalue weighted by molar-refractivity contribution is 5.95. The van der Waals surface area contributed by atoms with Gasteiger partial charge in [0.1, 0.15) is 18.1 Å². The highest BCUT2D eigenvalue weighted by Gasteiger charge is 2.40. The van der Waals surface area contributed by atoms with Gasteiger partial charge in [0.2, 0.25) is 17.7 Å². The number of aliphatic carboxylic acids is 2. The quantitative estimate of drug-likeness (QED) is 0.270. The number of amides is 3. The van der Waals surface area contributed by atoms with Crippen LogP contribution in [0.2, 0.25) is 0 Å². The standard InChI is InChI=1S/C21H36N4O7/c1-5-11(3)16(23-18(28)13(22)10-15(26)27)19(29)24-17(12(4)6-2)20(30)25-9-7-8-14(25)21(31)32/h11-14,16-17H,5-10,22H2,1-4H3,(H,23,28)(H,24,29)(H,26,27)(H,31,32). The van der Waals surface area contributed by atoms with Gasteiger partial charge in [0, 0.05) is 6.54 Å². The zero-order chi connectivity index (χ0) is 24.6. The van der Waals surface area contributed by atoms with Crippen molar-refractivity contribution >= 4 is 29.7 Å². The van der Waals surface area contributed by atoms with E-state index in [1.807, 2.05) is 13.8 Å². The first-order valence-electron chi connectivity index (χ1n) is 11.1. The SMILES string of the molecule is CCC(C)C(NC(=O)C(N)CC(=O)O)C(=O)NC(C(=O)N1CCCC1C(=O)O)C(C)CC. The van der Waals surface area contributed by atoms with Crippen LogP contribution >= 0.6 is 0 Å². The van der Waals surface area contributed by atoms with E-state index in [0.29, 0.717) is 32.2 Å². The van der Waals surface area contributed by atoms with Crippen molar-refractivity contribution in [1.29, 1.82) is 0 Å². The van der Waals surface area contributed by atoms with Gasteiger partial charge in [-0.25, -0.2) is 4.79 Å². The molecule has 32 heavy (non-hydrogen) atoms. The highest BCUT2D eigenvalue weighted by atomic mass is 16.4. The van der Waals surface area contributed by atoms with E-state index < -0.39 is 60.2 Å². The topological polar surface area (TPSA) is 179 Å². The van der Waals surface area contributed by atoms with Crippen molar-refractivity contribution in [3.05, 3.63) is 0 Å². The lowest BCUT2D eigenvalue weighted by molar-refractivity contribution is -0.150. The molecule has 3 amide bonds. The molecule has 0 aromatic rings. The average Bonchev–Trinajstić information content (AvgIpc) is 3.23. The molecule has 6 N–H and O–H groups in total. The normalized spacial score (nSPS) is 20.5. The van der Waals surface area contributed by atoms with E-state index in [0.717, 1.165) is 0 Å². The number of rotatable bonds is 12. The van der Waals surface area contributed by atoms with Crippen molar-refractivity contribution in [2.24, 2.45) is 17.6 Å². The van der Waals surface area contributed by atoms with E-state index in [-0.39, 0.29) is 11.8 Å². The first-order valence-corrected chi connectivity index (χ1v) is 11.1. The minimum Gasteiger partial charge on any atom is -0.481 e. The number of carbonyl (C=O) groups is 5. The number of hydrogen-bond donors (Lipinski definition) is 5. The number of carbonyl (C=O) groups excluding carboxylic acids is 3. The molecule has 0 radical (unpaired) electrons. The molecule has 0 aromatic carbocycles. The van der Waals surface area contributed by atoms with E-state index in [1.165, 1.54) is 4.90 Å². The lowest BCUT2D eigenvalue weighted by atomic mass is 9.94. The van der Waals surface area contributed by atoms with Crippen molar-refractivity contribution in [2.75, 3.05) is 6.54 Å². The van der Waals surface area contributed by atoms with E-state index in [1.54, 1.807) is 13.8 Å². The van der Waals surface area contributed by atoms with Crippen LogP contribution in [0.1, 0.15) is 59.8 Å². The summed E-state index contributed by atoms with van der Waals surface area (Å²) in [6.45, 7) is 7.51. The molecule has 1 saturated heterocycles. The molecule has 1 aliphatic heterocycles. The fourth-order valence-corrected chi connectivity index (χ4v) is 3.64. The summed E-state index contributed by atoms with van der Waals surface area (Å²) < 4.78 is 0. The third-order valence-electron chi connectivity index (χ3n) is 6.12. The van der Waals surface area contributed by atoms with Crippen LogP contribution in [0.5, 0.6) is 0 Å². The molecule has 1 rings (SSSR count). The van der Waals surface area contributed by atoms with Crippen molar-refractivity contribution in [1.82, 2.24) is 15.5 Å². The van der Waals surface area contributed by atoms with Crippen LogP contribution < -0.4 is 16.4 Å². The number of nitrogens with zero attached hydrogens (tertiary/aromatic N) is 1. The highest BCUT2D eigenvalue weighted by Crippen LogP contribution is 2.22. The largest absolute Gasteiger partial charge is 0.481 e. The summed E-state index contributed by atoms with van der Waals surface area (Å²) in [6, 6.07) is -4.23. The number of hydrogen-bond acceptors (Lipinski definition) is 6. The lowest BCUT2D eigenvalue weighted by Crippen LogP contribution is -2.60. The van der Waals surface area contributed by atoms with Crippen molar-refractivity contribution in [3.8, 4) is 0 Å². The molecule has 6 atom stereocenters. The number of nitrogens with two attached hydrogens (primary N) is 1. The molecule has 1 fully saturated rings. The predicted molar refractivity (Wildman–Crippen MR) is 115 cm³/mol. The molecule has 6 unspecified atom stereocenters. The fourth-order valence-electron chi connectivity index (χ4n) is 3.64. The first-order chi connectivity index (χ1) is 14.9. The van der Waals surface area contributed by atoms with E-state index in [2.05, 4.69) is 10.6 Å². The fraction of sp³-hybridized carbons (Fsp3) is 0.762. The van der Waals surface area contributed by atoms with Crippen LogP contribution in [-0.2, 0) is 24.0 Å². The van der Waals surface area contributed by atoms with Crippen LogP contribution in [0.4, 0.5) is 0 Å². The third-order valence-corrected chi connectivity index (χ3v) is 6.12. The van der Waals surface area contributed by atoms with E-state index in [4.69, 9.17) is 10.8 Å². The molecule has 0 spiro atoms. The Kier molecular flexibility index (Phi) is 10.6. The summed E-state index contributed by atoms with van der Waals surface area (Å²) in [7, 11) is 0. The lowest BCUT2D eigenvalue weighted by Gasteiger charge is -2.32. The smallest absolute Gasteiger partial charge is 0.326 e. The molecular weight excluding hydrogens is 420 g/mol. The van der Waals surface area contributed by atoms with Crippen molar-refractivity contribution in [2.45, 2.75) is 84.0 Å². The maximum atomic E-state index is 13.2. The number of carboxylic acids is 2. The first kappa shape index (κ1) is 27.3. The monoisotopic (exact) mass is 456 g/mol. The second kappa shape index (κ2) is 12.4. The molecule has 11 heteroatoms. The van der Waals surface area contributed by atoms with Gasteiger partial charge >= 0.3 is 11.9 Å². The van der Waals surface area contributed by atoms with Gasteiger partial charge < -0.3 is 31.5 Å². The van der Waals surface area contributed by atoms with Crippen LogP contribution in [0, 0.1) is 11.8 Å². The Hall–Kier alpha value is -2.69. The minimum atomic E-state index is -1.32. The summed E-state index contributed by atoms with van der Waals surface area (Å²) in [5, 5.41) is 23.5. The van der Waals surface area contributed by atoms with Crippen LogP contribution in [0.25, 0.3) is 0 Å². The average molecular weight is 457 g/mol. The Bertz CT molecular complexity index is 714. The van der Waals surface area contributed by atoms with Gasteiger partial charge in [0.05, 0.1) is 12.5 Å². The molecule has 0 saturated carbocycles. The van der Waals surface area contributed by atoms with Gasteiger partial charge in [-0.1, -0.05) is 40.5 Å². The molecule has 11 nitrogen and oxygen atoms in total. The minimum absolute atomic E-state index is 0.274. The summed E-state index contributed by atoms with van der Waals surface area (Å²) >= 11 is 0. The number of carboxylic acid groups (broad SMARTS) is 2. The molecule has 1 aliphatic rings. The van der Waals surface area contributed by atoms with Gasteiger partial charge in [-0.15, -0.1) is 0 Å². The second-order valence-corrected chi connectivity index (χ2v) is 8.48. The molecular formula is C21H36N4O7. The Morgan fingerprint density at radius 3 is 2.00 bits per heavy atom. The summed E-state index contributed by atoms with van der Waals surface area (Å²) in [4.78, 5) is 62.3. The van der Waals surface area contributed by atoms with Gasteiger partial charge in [-0.05, 0) is 24.7 Å². The van der Waals surface area contributed by atoms with E-state index >= 15 is 0 Å². The van der Waals surface area contributed by atoms with E-state index in [9.17, 15) is 29.1 Å². The zero-order valence-electron chi connectivity index (χ0n) is 19.2. The predicted octanol–water partition coefficient (Wildman–Crippen LogP) is -0.0742. The Morgan fingerprint density at radius 1 is 0.969 bits per heavy atom. The van der Waals surface area contributed by atoms with Crippen LogP contribution in [0.15, 0.2) is 0 Å². The summed E-state index contributed by atoms with van der Waals surface area (Å²) in [5.41, 5.74) is 5.61. The van der Waals surface area contributed by atoms with Crippen molar-refractivity contribution < 1.29 is 34.2 Å². The number of nitrogens with one attached hydrogen (secondary N) is 2. The molecule has 1 heterocycles. The second-order valence-electron chi connectivity index (χ2n) is 8.48. The van der Waals surface area contributed by atoms with Gasteiger partial charge in [0.25, 0.3) is 0 Å². The van der Waals surface area contributed by atoms with Crippen LogP contribution in [-0.4, -0.2) is 75.5 Å². The molecule has 0 aromatic heterocycles. The van der Waals surface area contributed by atoms with Crippen LogP contribution in [0.3, 0.4) is 0 Å². The molecule has 0 bridgehead atoms. The van der Waals surface area contributed by atoms with Gasteiger partial charge in [0.15, 0.2) is 0 Å². The zero-order valence-corrected chi connectivity index (χ0v) is 19.2. The Morgan fingerprint density at radius 2 is 1.50 bits per heavy atom. The van der Waals surface area contributed by atoms with Crippen molar-refractivity contribution in [3.63, 3.8) is 0 Å². The molecule has 0 aliphatic carbocycles. The summed E-state index contributed by atoms with van der Waals surface area (Å²) in [6.07, 6.45) is 1.43. The third kappa shape index (κ3) is 7.18. The number of likely N-dealkylation sites (tertiary alicyclic amines) is 1. The van der Waals surface area contributed by atoms with Gasteiger partial charge in [-0.2, -0.15) is 0 Å². The Labute approximate surface area is 188 Å². The molecule has 182 valence electrons. The maximum Gasteiger partial charge on any atom is 0.326 e.